The molecule has 1 atom stereocenters. The van der Waals surface area contributed by atoms with E-state index in [-0.39, 0.29) is 17.7 Å². The Morgan fingerprint density at radius 2 is 1.84 bits per heavy atom. The average Bonchev–Trinajstić information content (AvgIpc) is 2.37. The summed E-state index contributed by atoms with van der Waals surface area (Å²) in [4.78, 5) is 0. The maximum atomic E-state index is 13.3. The topological polar surface area (TPSA) is 12.0 Å². The molecule has 0 amide bonds. The van der Waals surface area contributed by atoms with Crippen LogP contribution in [-0.2, 0) is 0 Å². The minimum absolute atomic E-state index is 0.171. The predicted octanol–water partition coefficient (Wildman–Crippen LogP) is 4.43. The highest BCUT2D eigenvalue weighted by Crippen LogP contribution is 2.29. The smallest absolute Gasteiger partial charge is 0.124 e. The minimum atomic E-state index is -0.301. The van der Waals surface area contributed by atoms with Gasteiger partial charge in [-0.3, -0.25) is 0 Å². The van der Waals surface area contributed by atoms with E-state index in [9.17, 15) is 8.78 Å². The van der Waals surface area contributed by atoms with Crippen LogP contribution in [0.3, 0.4) is 0 Å². The number of benzene rings is 2. The fraction of sp³-hybridized carbons (Fsp3) is 0.200. The highest BCUT2D eigenvalue weighted by Gasteiger charge is 2.16. The monoisotopic (exact) mass is 325 g/mol. The fourth-order valence-electron chi connectivity index (χ4n) is 2.03. The van der Waals surface area contributed by atoms with Gasteiger partial charge >= 0.3 is 0 Å². The van der Waals surface area contributed by atoms with Gasteiger partial charge in [0.1, 0.15) is 11.6 Å². The Labute approximate surface area is 119 Å². The molecule has 19 heavy (non-hydrogen) atoms. The van der Waals surface area contributed by atoms with Gasteiger partial charge in [0.15, 0.2) is 0 Å². The molecule has 0 saturated carbocycles. The number of nitrogens with one attached hydrogen (secondary N) is 1. The predicted molar refractivity (Wildman–Crippen MR) is 76.0 cm³/mol. The lowest BCUT2D eigenvalue weighted by molar-refractivity contribution is 0.597. The lowest BCUT2D eigenvalue weighted by Gasteiger charge is -2.20. The number of hydrogen-bond acceptors (Lipinski definition) is 1. The normalized spacial score (nSPS) is 12.4. The number of halogens is 3. The van der Waals surface area contributed by atoms with E-state index < -0.39 is 0 Å². The molecule has 1 unspecified atom stereocenters. The maximum Gasteiger partial charge on any atom is 0.124 e. The van der Waals surface area contributed by atoms with Crippen LogP contribution >= 0.6 is 15.9 Å². The summed E-state index contributed by atoms with van der Waals surface area (Å²) < 4.78 is 27.2. The molecular weight excluding hydrogens is 312 g/mol. The molecule has 2 rings (SSSR count). The molecule has 0 radical (unpaired) electrons. The summed E-state index contributed by atoms with van der Waals surface area (Å²) in [6, 6.07) is 10.8. The van der Waals surface area contributed by atoms with Gasteiger partial charge in [-0.1, -0.05) is 41.1 Å². The highest BCUT2D eigenvalue weighted by atomic mass is 79.9. The Balaban J connectivity index is 2.45. The van der Waals surface area contributed by atoms with Gasteiger partial charge in [0.25, 0.3) is 0 Å². The lowest BCUT2D eigenvalue weighted by Crippen LogP contribution is -2.22. The van der Waals surface area contributed by atoms with Crippen molar-refractivity contribution in [3.8, 4) is 0 Å². The molecule has 0 aliphatic carbocycles. The zero-order valence-corrected chi connectivity index (χ0v) is 12.0. The third-order valence-corrected chi connectivity index (χ3v) is 3.55. The summed E-state index contributed by atoms with van der Waals surface area (Å²) in [6.07, 6.45) is 0. The van der Waals surface area contributed by atoms with Crippen molar-refractivity contribution in [3.63, 3.8) is 0 Å². The first kappa shape index (κ1) is 14.2. The van der Waals surface area contributed by atoms with Crippen LogP contribution < -0.4 is 5.32 Å². The van der Waals surface area contributed by atoms with Crippen LogP contribution in [0.15, 0.2) is 46.9 Å². The van der Waals surface area contributed by atoms with Crippen molar-refractivity contribution in [2.75, 3.05) is 6.54 Å². The molecule has 4 heteroatoms. The van der Waals surface area contributed by atoms with Gasteiger partial charge < -0.3 is 5.32 Å². The Morgan fingerprint density at radius 3 is 2.47 bits per heavy atom. The molecule has 0 spiro atoms. The van der Waals surface area contributed by atoms with Gasteiger partial charge in [-0.15, -0.1) is 0 Å². The second kappa shape index (κ2) is 6.26. The van der Waals surface area contributed by atoms with Crippen LogP contribution in [0.25, 0.3) is 0 Å². The second-order valence-electron chi connectivity index (χ2n) is 4.21. The van der Waals surface area contributed by atoms with E-state index in [0.717, 1.165) is 17.7 Å². The zero-order chi connectivity index (χ0) is 13.8. The highest BCUT2D eigenvalue weighted by molar-refractivity contribution is 9.10. The molecule has 0 aliphatic heterocycles. The van der Waals surface area contributed by atoms with Crippen LogP contribution in [0.5, 0.6) is 0 Å². The molecule has 2 aromatic carbocycles. The lowest BCUT2D eigenvalue weighted by atomic mass is 9.98. The van der Waals surface area contributed by atoms with E-state index in [1.807, 2.05) is 13.0 Å². The average molecular weight is 326 g/mol. The van der Waals surface area contributed by atoms with Gasteiger partial charge in [-0.2, -0.15) is 0 Å². The van der Waals surface area contributed by atoms with Crippen molar-refractivity contribution in [2.45, 2.75) is 13.0 Å². The number of hydrogen-bond donors (Lipinski definition) is 1. The number of rotatable bonds is 4. The van der Waals surface area contributed by atoms with E-state index in [0.29, 0.717) is 4.47 Å². The fourth-order valence-corrected chi connectivity index (χ4v) is 2.61. The van der Waals surface area contributed by atoms with Crippen LogP contribution in [0.4, 0.5) is 8.78 Å². The summed E-state index contributed by atoms with van der Waals surface area (Å²) >= 11 is 3.36. The summed E-state index contributed by atoms with van der Waals surface area (Å²) in [6.45, 7) is 2.70. The molecule has 0 aromatic heterocycles. The van der Waals surface area contributed by atoms with Crippen LogP contribution in [0.1, 0.15) is 24.1 Å². The van der Waals surface area contributed by atoms with Crippen LogP contribution in [0, 0.1) is 11.6 Å². The molecule has 0 aliphatic rings. The maximum absolute atomic E-state index is 13.3. The first-order chi connectivity index (χ1) is 9.11. The Morgan fingerprint density at radius 1 is 1.11 bits per heavy atom. The van der Waals surface area contributed by atoms with Gasteiger partial charge in [-0.25, -0.2) is 8.78 Å². The molecule has 2 aromatic rings. The quantitative estimate of drug-likeness (QED) is 0.877. The van der Waals surface area contributed by atoms with E-state index in [2.05, 4.69) is 21.2 Å². The van der Waals surface area contributed by atoms with Gasteiger partial charge in [0.05, 0.1) is 6.04 Å². The van der Waals surface area contributed by atoms with Gasteiger partial charge in [0, 0.05) is 4.47 Å². The van der Waals surface area contributed by atoms with Crippen molar-refractivity contribution in [1.29, 1.82) is 0 Å². The van der Waals surface area contributed by atoms with Crippen molar-refractivity contribution in [3.05, 3.63) is 69.7 Å². The molecule has 1 nitrogen and oxygen atoms in total. The molecule has 0 heterocycles. The Kier molecular flexibility index (Phi) is 4.66. The summed E-state index contributed by atoms with van der Waals surface area (Å²) in [5.74, 6) is -0.580. The SMILES string of the molecule is CCNC(c1cccc(F)c1)c1ccc(F)cc1Br. The van der Waals surface area contributed by atoms with E-state index >= 15 is 0 Å². The first-order valence-corrected chi connectivity index (χ1v) is 6.85. The van der Waals surface area contributed by atoms with E-state index in [1.165, 1.54) is 24.3 Å². The Hall–Kier alpha value is -1.26. The third-order valence-electron chi connectivity index (χ3n) is 2.86. The Bertz CT molecular complexity index is 572. The summed E-state index contributed by atoms with van der Waals surface area (Å²) in [5, 5.41) is 3.28. The molecule has 0 saturated heterocycles. The molecule has 1 N–H and O–H groups in total. The van der Waals surface area contributed by atoms with Crippen molar-refractivity contribution < 1.29 is 8.78 Å². The van der Waals surface area contributed by atoms with Gasteiger partial charge in [0.2, 0.25) is 0 Å². The van der Waals surface area contributed by atoms with Gasteiger partial charge in [-0.05, 0) is 41.9 Å². The van der Waals surface area contributed by atoms with Crippen molar-refractivity contribution in [2.24, 2.45) is 0 Å². The van der Waals surface area contributed by atoms with Crippen molar-refractivity contribution >= 4 is 15.9 Å². The summed E-state index contributed by atoms with van der Waals surface area (Å²) in [7, 11) is 0. The zero-order valence-electron chi connectivity index (χ0n) is 10.5. The first-order valence-electron chi connectivity index (χ1n) is 6.05. The minimum Gasteiger partial charge on any atom is -0.306 e. The molecular formula is C15H14BrF2N. The van der Waals surface area contributed by atoms with Crippen molar-refractivity contribution in [1.82, 2.24) is 5.32 Å². The van der Waals surface area contributed by atoms with Crippen LogP contribution in [-0.4, -0.2) is 6.54 Å². The van der Waals surface area contributed by atoms with E-state index in [1.54, 1.807) is 12.1 Å². The summed E-state index contributed by atoms with van der Waals surface area (Å²) in [5.41, 5.74) is 1.70. The standard InChI is InChI=1S/C15H14BrF2N/c1-2-19-15(10-4-3-5-11(17)8-10)13-7-6-12(18)9-14(13)16/h3-9,15,19H,2H2,1H3. The van der Waals surface area contributed by atoms with E-state index in [4.69, 9.17) is 0 Å². The van der Waals surface area contributed by atoms with Crippen LogP contribution in [0.2, 0.25) is 0 Å². The molecule has 0 bridgehead atoms. The largest absolute Gasteiger partial charge is 0.306 e. The molecule has 0 fully saturated rings. The third kappa shape index (κ3) is 3.39. The second-order valence-corrected chi connectivity index (χ2v) is 5.07. The molecule has 100 valence electrons.